The second kappa shape index (κ2) is 6.12. The van der Waals surface area contributed by atoms with Crippen LogP contribution in [0.2, 0.25) is 0 Å². The van der Waals surface area contributed by atoms with Gasteiger partial charge in [-0.15, -0.1) is 0 Å². The van der Waals surface area contributed by atoms with Gasteiger partial charge in [0.05, 0.1) is 6.54 Å². The lowest BCUT2D eigenvalue weighted by Crippen LogP contribution is -2.38. The van der Waals surface area contributed by atoms with Crippen molar-refractivity contribution in [2.24, 2.45) is 16.6 Å². The van der Waals surface area contributed by atoms with E-state index in [2.05, 4.69) is 31.0 Å². The Hall–Kier alpha value is -1.46. The van der Waals surface area contributed by atoms with Crippen LogP contribution in [0, 0.1) is 10.8 Å². The van der Waals surface area contributed by atoms with Crippen LogP contribution < -0.4 is 11.1 Å². The maximum absolute atomic E-state index is 12.4. The van der Waals surface area contributed by atoms with Crippen molar-refractivity contribution in [3.63, 3.8) is 0 Å². The number of carbonyl (C=O) groups excluding carboxylic acids is 1. The summed E-state index contributed by atoms with van der Waals surface area (Å²) in [4.78, 5) is 15.2. The fourth-order valence-electron chi connectivity index (χ4n) is 4.86. The van der Waals surface area contributed by atoms with Gasteiger partial charge in [-0.25, -0.2) is 0 Å². The minimum atomic E-state index is 0.0482. The molecule has 1 amide bonds. The molecule has 2 unspecified atom stereocenters. The first-order chi connectivity index (χ1) is 11.2. The van der Waals surface area contributed by atoms with Gasteiger partial charge < -0.3 is 11.1 Å². The number of fused-ring (bicyclic) bond motifs is 2. The zero-order chi connectivity index (χ0) is 17.5. The zero-order valence-corrected chi connectivity index (χ0v) is 15.6. The van der Waals surface area contributed by atoms with E-state index in [0.29, 0.717) is 28.4 Å². The molecule has 1 saturated heterocycles. The lowest BCUT2D eigenvalue weighted by atomic mass is 9.65. The summed E-state index contributed by atoms with van der Waals surface area (Å²) < 4.78 is 0. The van der Waals surface area contributed by atoms with Gasteiger partial charge in [-0.05, 0) is 54.4 Å². The van der Waals surface area contributed by atoms with E-state index in [0.717, 1.165) is 17.8 Å². The summed E-state index contributed by atoms with van der Waals surface area (Å²) in [6.45, 7) is 8.56. The van der Waals surface area contributed by atoms with E-state index >= 15 is 0 Å². The van der Waals surface area contributed by atoms with Gasteiger partial charge in [0.15, 0.2) is 0 Å². The van der Waals surface area contributed by atoms with Gasteiger partial charge in [0.25, 0.3) is 0 Å². The number of hydrogen-bond acceptors (Lipinski definition) is 3. The van der Waals surface area contributed by atoms with E-state index in [1.165, 1.54) is 19.3 Å². The number of benzene rings is 1. The van der Waals surface area contributed by atoms with Crippen molar-refractivity contribution < 1.29 is 4.79 Å². The third kappa shape index (κ3) is 3.78. The third-order valence-electron chi connectivity index (χ3n) is 5.32. The number of anilines is 1. The molecule has 0 aromatic heterocycles. The predicted octanol–water partition coefficient (Wildman–Crippen LogP) is 3.16. The number of hydrogen-bond donors (Lipinski definition) is 2. The Labute approximate surface area is 149 Å². The molecule has 5 heteroatoms. The first kappa shape index (κ1) is 17.4. The van der Waals surface area contributed by atoms with Crippen LogP contribution >= 0.6 is 12.2 Å². The molecule has 0 radical (unpaired) electrons. The third-order valence-corrected chi connectivity index (χ3v) is 5.56. The lowest BCUT2D eigenvalue weighted by Gasteiger charge is -2.39. The monoisotopic (exact) mass is 345 g/mol. The van der Waals surface area contributed by atoms with Crippen LogP contribution in [0.1, 0.15) is 45.6 Å². The van der Waals surface area contributed by atoms with Crippen molar-refractivity contribution in [3.8, 4) is 0 Å². The molecule has 0 spiro atoms. The fourth-order valence-corrected chi connectivity index (χ4v) is 5.00. The molecule has 1 aromatic carbocycles. The fraction of sp³-hybridized carbons (Fsp3) is 0.579. The Bertz CT molecular complexity index is 655. The van der Waals surface area contributed by atoms with E-state index in [1.807, 2.05) is 24.3 Å². The maximum Gasteiger partial charge on any atom is 0.238 e. The Morgan fingerprint density at radius 3 is 2.58 bits per heavy atom. The highest BCUT2D eigenvalue weighted by molar-refractivity contribution is 7.80. The summed E-state index contributed by atoms with van der Waals surface area (Å²) in [6.07, 6.45) is 3.64. The number of rotatable bonds is 4. The maximum atomic E-state index is 12.4. The smallest absolute Gasteiger partial charge is 0.238 e. The van der Waals surface area contributed by atoms with E-state index in [1.54, 1.807) is 0 Å². The molecule has 3 rings (SSSR count). The highest BCUT2D eigenvalue weighted by Gasteiger charge is 2.49. The molecule has 2 aliphatic rings. The topological polar surface area (TPSA) is 58.4 Å². The summed E-state index contributed by atoms with van der Waals surface area (Å²) in [5, 5.41) is 2.98. The average Bonchev–Trinajstić information content (AvgIpc) is 2.67. The van der Waals surface area contributed by atoms with E-state index < -0.39 is 0 Å². The normalized spacial score (nSPS) is 28.5. The van der Waals surface area contributed by atoms with Gasteiger partial charge in [0.1, 0.15) is 4.99 Å². The van der Waals surface area contributed by atoms with Gasteiger partial charge in [-0.3, -0.25) is 9.69 Å². The molecule has 2 fully saturated rings. The SMILES string of the molecule is CC1(C)CC2CC(C)(CN2CC(=O)Nc2ccc(C(N)=S)cc2)C1. The molecule has 3 N–H and O–H groups in total. The molecule has 1 saturated carbocycles. The second-order valence-electron chi connectivity index (χ2n) is 8.61. The molecule has 24 heavy (non-hydrogen) atoms. The zero-order valence-electron chi connectivity index (χ0n) is 14.8. The van der Waals surface area contributed by atoms with Crippen molar-refractivity contribution in [2.45, 2.75) is 46.1 Å². The first-order valence-corrected chi connectivity index (χ1v) is 9.01. The number of nitrogens with one attached hydrogen (secondary N) is 1. The number of amides is 1. The van der Waals surface area contributed by atoms with E-state index in [9.17, 15) is 4.79 Å². The van der Waals surface area contributed by atoms with E-state index in [4.69, 9.17) is 18.0 Å². The van der Waals surface area contributed by atoms with Crippen LogP contribution in [0.25, 0.3) is 0 Å². The summed E-state index contributed by atoms with van der Waals surface area (Å²) in [5.41, 5.74) is 7.92. The Balaban J connectivity index is 1.60. The summed E-state index contributed by atoms with van der Waals surface area (Å²) >= 11 is 4.94. The first-order valence-electron chi connectivity index (χ1n) is 8.60. The van der Waals surface area contributed by atoms with Gasteiger partial charge in [-0.2, -0.15) is 0 Å². The number of nitrogens with zero attached hydrogens (tertiary/aromatic N) is 1. The molecule has 1 aliphatic carbocycles. The molecule has 2 bridgehead atoms. The molecular weight excluding hydrogens is 318 g/mol. The summed E-state index contributed by atoms with van der Waals surface area (Å²) in [5.74, 6) is 0.0482. The average molecular weight is 346 g/mol. The Kier molecular flexibility index (Phi) is 4.43. The van der Waals surface area contributed by atoms with E-state index in [-0.39, 0.29) is 5.91 Å². The molecule has 1 aliphatic heterocycles. The number of nitrogens with two attached hydrogens (primary N) is 1. The Morgan fingerprint density at radius 2 is 1.96 bits per heavy atom. The highest BCUT2D eigenvalue weighted by Crippen LogP contribution is 2.52. The van der Waals surface area contributed by atoms with Crippen molar-refractivity contribution in [2.75, 3.05) is 18.4 Å². The van der Waals surface area contributed by atoms with Crippen LogP contribution in [0.5, 0.6) is 0 Å². The molecule has 1 aromatic rings. The second-order valence-corrected chi connectivity index (χ2v) is 9.05. The standard InChI is InChI=1S/C19H27N3OS/c1-18(2)8-15-9-19(3,11-18)12-22(15)10-16(23)21-14-6-4-13(5-7-14)17(20)24/h4-7,15H,8-12H2,1-3H3,(H2,20,24)(H,21,23). The van der Waals surface area contributed by atoms with Crippen LogP contribution in [0.3, 0.4) is 0 Å². The van der Waals surface area contributed by atoms with Gasteiger partial charge >= 0.3 is 0 Å². The minimum Gasteiger partial charge on any atom is -0.389 e. The quantitative estimate of drug-likeness (QED) is 0.823. The Morgan fingerprint density at radius 1 is 1.29 bits per heavy atom. The summed E-state index contributed by atoms with van der Waals surface area (Å²) in [6, 6.07) is 7.90. The molecule has 4 nitrogen and oxygen atoms in total. The molecule has 1 heterocycles. The number of likely N-dealkylation sites (tertiary alicyclic amines) is 1. The minimum absolute atomic E-state index is 0.0482. The number of carbonyl (C=O) groups is 1. The van der Waals surface area contributed by atoms with Crippen molar-refractivity contribution in [3.05, 3.63) is 29.8 Å². The molecule has 130 valence electrons. The van der Waals surface area contributed by atoms with Crippen molar-refractivity contribution >= 4 is 28.8 Å². The van der Waals surface area contributed by atoms with Gasteiger partial charge in [0, 0.05) is 23.8 Å². The van der Waals surface area contributed by atoms with Gasteiger partial charge in [0.2, 0.25) is 5.91 Å². The van der Waals surface area contributed by atoms with Crippen LogP contribution in [-0.4, -0.2) is 34.9 Å². The van der Waals surface area contributed by atoms with Crippen molar-refractivity contribution in [1.29, 1.82) is 0 Å². The van der Waals surface area contributed by atoms with Crippen LogP contribution in [0.15, 0.2) is 24.3 Å². The largest absolute Gasteiger partial charge is 0.389 e. The molecule has 2 atom stereocenters. The highest BCUT2D eigenvalue weighted by atomic mass is 32.1. The summed E-state index contributed by atoms with van der Waals surface area (Å²) in [7, 11) is 0. The van der Waals surface area contributed by atoms with Crippen LogP contribution in [-0.2, 0) is 4.79 Å². The molecular formula is C19H27N3OS. The van der Waals surface area contributed by atoms with Crippen LogP contribution in [0.4, 0.5) is 5.69 Å². The number of thiocarbonyl (C=S) groups is 1. The lowest BCUT2D eigenvalue weighted by molar-refractivity contribution is -0.117. The van der Waals surface area contributed by atoms with Crippen molar-refractivity contribution in [1.82, 2.24) is 4.90 Å². The predicted molar refractivity (Wildman–Crippen MR) is 102 cm³/mol. The van der Waals surface area contributed by atoms with Gasteiger partial charge in [-0.1, -0.05) is 33.0 Å².